The largest absolute Gasteiger partial charge is 0.296 e. The molecule has 5 heteroatoms. The van der Waals surface area contributed by atoms with Gasteiger partial charge in [0.05, 0.1) is 11.9 Å². The third-order valence-electron chi connectivity index (χ3n) is 1.81. The monoisotopic (exact) mass is 208 g/mol. The van der Waals surface area contributed by atoms with Gasteiger partial charge in [0.2, 0.25) is 0 Å². The molecule has 0 fully saturated rings. The molecule has 0 spiro atoms. The maximum absolute atomic E-state index is 5.85. The van der Waals surface area contributed by atoms with E-state index in [9.17, 15) is 0 Å². The highest BCUT2D eigenvalue weighted by molar-refractivity contribution is 6.29. The number of hydrogen-bond donors (Lipinski definition) is 0. The van der Waals surface area contributed by atoms with E-state index >= 15 is 0 Å². The summed E-state index contributed by atoms with van der Waals surface area (Å²) in [6, 6.07) is 1.75. The first-order valence-corrected chi connectivity index (χ1v) is 4.53. The molecule has 14 heavy (non-hydrogen) atoms. The third-order valence-corrected chi connectivity index (χ3v) is 2.00. The lowest BCUT2D eigenvalue weighted by atomic mass is 10.3. The molecule has 0 aliphatic rings. The second-order valence-electron chi connectivity index (χ2n) is 2.96. The number of halogens is 1. The van der Waals surface area contributed by atoms with Gasteiger partial charge in [0.25, 0.3) is 0 Å². The van der Waals surface area contributed by atoms with Crippen LogP contribution in [0.3, 0.4) is 0 Å². The molecule has 0 aliphatic heterocycles. The van der Waals surface area contributed by atoms with Gasteiger partial charge < -0.3 is 0 Å². The average molecular weight is 209 g/mol. The molecule has 0 N–H and O–H groups in total. The van der Waals surface area contributed by atoms with Crippen LogP contribution in [0.4, 0.5) is 0 Å². The van der Waals surface area contributed by atoms with Crippen molar-refractivity contribution in [1.82, 2.24) is 14.6 Å². The predicted molar refractivity (Wildman–Crippen MR) is 56.3 cm³/mol. The smallest absolute Gasteiger partial charge is 0.162 e. The van der Waals surface area contributed by atoms with Crippen LogP contribution in [0.15, 0.2) is 17.3 Å². The highest BCUT2D eigenvalue weighted by Crippen LogP contribution is 2.12. The molecule has 0 saturated heterocycles. The Bertz CT molecular complexity index is 501. The highest BCUT2D eigenvalue weighted by Gasteiger charge is 2.05. The van der Waals surface area contributed by atoms with E-state index in [-0.39, 0.29) is 0 Å². The Hall–Kier alpha value is -1.42. The molecule has 2 heterocycles. The standard InChI is InChI=1S/C9H9ClN4/c1-6-5-14-9(12-6)7(4-11-2)3-8(10)13-14/h3-5H,1-2H3. The van der Waals surface area contributed by atoms with Crippen molar-refractivity contribution in [3.8, 4) is 0 Å². The fraction of sp³-hybridized carbons (Fsp3) is 0.222. The van der Waals surface area contributed by atoms with Crippen LogP contribution in [0.25, 0.3) is 5.65 Å². The first-order valence-electron chi connectivity index (χ1n) is 4.15. The topological polar surface area (TPSA) is 42.5 Å². The molecule has 2 rings (SSSR count). The minimum Gasteiger partial charge on any atom is -0.296 e. The van der Waals surface area contributed by atoms with Crippen molar-refractivity contribution in [2.24, 2.45) is 4.99 Å². The number of fused-ring (bicyclic) bond motifs is 1. The van der Waals surface area contributed by atoms with Crippen molar-refractivity contribution in [2.45, 2.75) is 6.92 Å². The second-order valence-corrected chi connectivity index (χ2v) is 3.35. The Kier molecular flexibility index (Phi) is 2.21. The van der Waals surface area contributed by atoms with Gasteiger partial charge in [-0.25, -0.2) is 9.50 Å². The Morgan fingerprint density at radius 1 is 1.57 bits per heavy atom. The van der Waals surface area contributed by atoms with Crippen molar-refractivity contribution >= 4 is 23.5 Å². The van der Waals surface area contributed by atoms with Crippen molar-refractivity contribution in [2.75, 3.05) is 7.05 Å². The van der Waals surface area contributed by atoms with Gasteiger partial charge in [-0.3, -0.25) is 4.99 Å². The van der Waals surface area contributed by atoms with E-state index in [0.717, 1.165) is 16.9 Å². The van der Waals surface area contributed by atoms with Crippen LogP contribution in [-0.2, 0) is 0 Å². The first-order chi connectivity index (χ1) is 6.70. The molecular weight excluding hydrogens is 200 g/mol. The summed E-state index contributed by atoms with van der Waals surface area (Å²) >= 11 is 5.85. The summed E-state index contributed by atoms with van der Waals surface area (Å²) in [7, 11) is 1.71. The fourth-order valence-corrected chi connectivity index (χ4v) is 1.52. The van der Waals surface area contributed by atoms with Gasteiger partial charge in [-0.2, -0.15) is 5.10 Å². The van der Waals surface area contributed by atoms with E-state index in [2.05, 4.69) is 15.1 Å². The second kappa shape index (κ2) is 3.38. The van der Waals surface area contributed by atoms with E-state index < -0.39 is 0 Å². The lowest BCUT2D eigenvalue weighted by Gasteiger charge is -1.97. The number of nitrogens with zero attached hydrogens (tertiary/aromatic N) is 4. The van der Waals surface area contributed by atoms with Crippen LogP contribution in [0.1, 0.15) is 11.3 Å². The number of hydrogen-bond acceptors (Lipinski definition) is 3. The maximum Gasteiger partial charge on any atom is 0.162 e. The lowest BCUT2D eigenvalue weighted by molar-refractivity contribution is 0.933. The number of aromatic nitrogens is 3. The van der Waals surface area contributed by atoms with Crippen LogP contribution >= 0.6 is 11.6 Å². The molecule has 0 atom stereocenters. The molecule has 0 unspecified atom stereocenters. The summed E-state index contributed by atoms with van der Waals surface area (Å²) in [4.78, 5) is 8.27. The summed E-state index contributed by atoms with van der Waals surface area (Å²) in [6.07, 6.45) is 3.55. The molecule has 0 bridgehead atoms. The Labute approximate surface area is 86.3 Å². The Morgan fingerprint density at radius 3 is 3.07 bits per heavy atom. The zero-order valence-corrected chi connectivity index (χ0v) is 8.65. The van der Waals surface area contributed by atoms with Crippen LogP contribution in [0, 0.1) is 6.92 Å². The highest BCUT2D eigenvalue weighted by atomic mass is 35.5. The van der Waals surface area contributed by atoms with E-state index in [1.54, 1.807) is 23.8 Å². The van der Waals surface area contributed by atoms with Gasteiger partial charge in [-0.05, 0) is 13.0 Å². The maximum atomic E-state index is 5.85. The number of aryl methyl sites for hydroxylation is 1. The summed E-state index contributed by atoms with van der Waals surface area (Å²) in [5.41, 5.74) is 2.56. The minimum atomic E-state index is 0.435. The zero-order chi connectivity index (χ0) is 10.1. The molecule has 0 aliphatic carbocycles. The van der Waals surface area contributed by atoms with Crippen molar-refractivity contribution < 1.29 is 0 Å². The summed E-state index contributed by atoms with van der Waals surface area (Å²) in [6.45, 7) is 1.91. The van der Waals surface area contributed by atoms with Gasteiger partial charge in [-0.15, -0.1) is 0 Å². The molecular formula is C9H9ClN4. The minimum absolute atomic E-state index is 0.435. The number of aliphatic imine (C=N–C) groups is 1. The van der Waals surface area contributed by atoms with Gasteiger partial charge in [-0.1, -0.05) is 11.6 Å². The van der Waals surface area contributed by atoms with Crippen molar-refractivity contribution in [1.29, 1.82) is 0 Å². The average Bonchev–Trinajstić information content (AvgIpc) is 2.45. The van der Waals surface area contributed by atoms with Gasteiger partial charge in [0.15, 0.2) is 10.8 Å². The van der Waals surface area contributed by atoms with E-state index in [1.165, 1.54) is 0 Å². The summed E-state index contributed by atoms with van der Waals surface area (Å²) in [5.74, 6) is 0. The molecule has 0 aromatic carbocycles. The molecule has 0 saturated carbocycles. The zero-order valence-electron chi connectivity index (χ0n) is 7.90. The molecule has 0 radical (unpaired) electrons. The number of rotatable bonds is 1. The molecule has 2 aromatic rings. The van der Waals surface area contributed by atoms with Gasteiger partial charge in [0, 0.05) is 18.8 Å². The van der Waals surface area contributed by atoms with Crippen LogP contribution in [0.2, 0.25) is 5.15 Å². The van der Waals surface area contributed by atoms with E-state index in [1.807, 2.05) is 13.1 Å². The van der Waals surface area contributed by atoms with Gasteiger partial charge >= 0.3 is 0 Å². The Morgan fingerprint density at radius 2 is 2.36 bits per heavy atom. The third kappa shape index (κ3) is 1.48. The van der Waals surface area contributed by atoms with Crippen molar-refractivity contribution in [3.05, 3.63) is 28.7 Å². The molecule has 2 aromatic heterocycles. The van der Waals surface area contributed by atoms with Crippen molar-refractivity contribution in [3.63, 3.8) is 0 Å². The lowest BCUT2D eigenvalue weighted by Crippen LogP contribution is -1.95. The molecule has 4 nitrogen and oxygen atoms in total. The van der Waals surface area contributed by atoms with E-state index in [4.69, 9.17) is 11.6 Å². The van der Waals surface area contributed by atoms with Crippen LogP contribution in [0.5, 0.6) is 0 Å². The molecule has 72 valence electrons. The Balaban J connectivity index is 2.78. The SMILES string of the molecule is CN=Cc1cc(Cl)nn2cc(C)nc12. The van der Waals surface area contributed by atoms with E-state index in [0.29, 0.717) is 5.15 Å². The summed E-state index contributed by atoms with van der Waals surface area (Å²) in [5, 5.41) is 4.53. The predicted octanol–water partition coefficient (Wildman–Crippen LogP) is 1.74. The fourth-order valence-electron chi connectivity index (χ4n) is 1.32. The quantitative estimate of drug-likeness (QED) is 0.670. The number of imidazole rings is 1. The van der Waals surface area contributed by atoms with Crippen LogP contribution in [-0.4, -0.2) is 27.9 Å². The summed E-state index contributed by atoms with van der Waals surface area (Å²) < 4.78 is 1.66. The normalized spacial score (nSPS) is 11.6. The first kappa shape index (κ1) is 9.15. The van der Waals surface area contributed by atoms with Crippen LogP contribution < -0.4 is 0 Å². The van der Waals surface area contributed by atoms with Gasteiger partial charge in [0.1, 0.15) is 0 Å². The molecule has 0 amide bonds.